The van der Waals surface area contributed by atoms with Crippen molar-refractivity contribution in [3.63, 3.8) is 0 Å². The number of hydrogen-bond donors (Lipinski definition) is 1. The van der Waals surface area contributed by atoms with E-state index in [-0.39, 0.29) is 28.2 Å². The van der Waals surface area contributed by atoms with Crippen molar-refractivity contribution >= 4 is 21.8 Å². The highest BCUT2D eigenvalue weighted by molar-refractivity contribution is 9.10. The number of halogens is 2. The summed E-state index contributed by atoms with van der Waals surface area (Å²) in [5.41, 5.74) is 0.447. The predicted octanol–water partition coefficient (Wildman–Crippen LogP) is 2.82. The first-order valence-electron chi connectivity index (χ1n) is 6.37. The fourth-order valence-corrected chi connectivity index (χ4v) is 2.89. The fourth-order valence-electron chi connectivity index (χ4n) is 2.51. The van der Waals surface area contributed by atoms with E-state index >= 15 is 0 Å². The average Bonchev–Trinajstić information content (AvgIpc) is 2.77. The molecule has 0 saturated heterocycles. The van der Waals surface area contributed by atoms with Crippen molar-refractivity contribution in [2.75, 3.05) is 13.6 Å². The highest BCUT2D eigenvalue weighted by atomic mass is 79.9. The van der Waals surface area contributed by atoms with Crippen molar-refractivity contribution in [1.82, 2.24) is 4.90 Å². The van der Waals surface area contributed by atoms with Crippen molar-refractivity contribution in [2.45, 2.75) is 25.4 Å². The van der Waals surface area contributed by atoms with Crippen LogP contribution < -0.4 is 0 Å². The number of rotatable bonds is 3. The third kappa shape index (κ3) is 3.34. The van der Waals surface area contributed by atoms with Crippen LogP contribution in [0.3, 0.4) is 0 Å². The van der Waals surface area contributed by atoms with Gasteiger partial charge in [0.2, 0.25) is 0 Å². The Hall–Kier alpha value is -0.940. The Labute approximate surface area is 120 Å². The highest BCUT2D eigenvalue weighted by Gasteiger charge is 2.27. The van der Waals surface area contributed by atoms with Gasteiger partial charge >= 0.3 is 0 Å². The Morgan fingerprint density at radius 1 is 1.53 bits per heavy atom. The summed E-state index contributed by atoms with van der Waals surface area (Å²) in [4.78, 5) is 13.8. The molecule has 1 fully saturated rings. The molecule has 0 heterocycles. The first kappa shape index (κ1) is 14.5. The van der Waals surface area contributed by atoms with E-state index in [0.717, 1.165) is 19.3 Å². The minimum Gasteiger partial charge on any atom is -0.393 e. The van der Waals surface area contributed by atoms with Crippen LogP contribution in [0.1, 0.15) is 29.6 Å². The lowest BCUT2D eigenvalue weighted by Gasteiger charge is -2.23. The lowest BCUT2D eigenvalue weighted by atomic mass is 10.1. The Bertz CT molecular complexity index is 481. The second-order valence-electron chi connectivity index (χ2n) is 5.07. The maximum absolute atomic E-state index is 13.1. The first-order chi connectivity index (χ1) is 8.99. The van der Waals surface area contributed by atoms with Crippen LogP contribution in [0.25, 0.3) is 0 Å². The van der Waals surface area contributed by atoms with Gasteiger partial charge in [0.05, 0.1) is 10.6 Å². The van der Waals surface area contributed by atoms with Crippen LogP contribution in [0, 0.1) is 11.7 Å². The number of aliphatic hydroxyl groups is 1. The quantitative estimate of drug-likeness (QED) is 0.926. The van der Waals surface area contributed by atoms with Crippen molar-refractivity contribution in [2.24, 2.45) is 5.92 Å². The summed E-state index contributed by atoms with van der Waals surface area (Å²) in [6.45, 7) is 0.537. The molecule has 1 aliphatic rings. The van der Waals surface area contributed by atoms with Crippen molar-refractivity contribution in [3.05, 3.63) is 34.1 Å². The number of nitrogens with zero attached hydrogens (tertiary/aromatic N) is 1. The van der Waals surface area contributed by atoms with Gasteiger partial charge in [-0.1, -0.05) is 6.42 Å². The van der Waals surface area contributed by atoms with E-state index in [4.69, 9.17) is 0 Å². The van der Waals surface area contributed by atoms with Gasteiger partial charge in [-0.2, -0.15) is 0 Å². The summed E-state index contributed by atoms with van der Waals surface area (Å²) in [6.07, 6.45) is 2.46. The summed E-state index contributed by atoms with van der Waals surface area (Å²) >= 11 is 3.08. The fraction of sp³-hybridized carbons (Fsp3) is 0.500. The zero-order valence-electron chi connectivity index (χ0n) is 10.8. The molecule has 3 nitrogen and oxygen atoms in total. The predicted molar refractivity (Wildman–Crippen MR) is 74.4 cm³/mol. The molecule has 19 heavy (non-hydrogen) atoms. The summed E-state index contributed by atoms with van der Waals surface area (Å²) in [6, 6.07) is 4.23. The molecule has 1 N–H and O–H groups in total. The van der Waals surface area contributed by atoms with E-state index in [1.54, 1.807) is 11.9 Å². The van der Waals surface area contributed by atoms with Crippen LogP contribution in [-0.4, -0.2) is 35.6 Å². The smallest absolute Gasteiger partial charge is 0.253 e. The van der Waals surface area contributed by atoms with Gasteiger partial charge in [-0.15, -0.1) is 0 Å². The first-order valence-corrected chi connectivity index (χ1v) is 7.17. The molecule has 1 saturated carbocycles. The van der Waals surface area contributed by atoms with Crippen LogP contribution >= 0.6 is 15.9 Å². The van der Waals surface area contributed by atoms with Gasteiger partial charge in [-0.3, -0.25) is 4.79 Å². The van der Waals surface area contributed by atoms with E-state index in [2.05, 4.69) is 15.9 Å². The maximum atomic E-state index is 13.1. The Balaban J connectivity index is 2.03. The average molecular weight is 330 g/mol. The second kappa shape index (κ2) is 6.01. The van der Waals surface area contributed by atoms with Crippen LogP contribution in [0.4, 0.5) is 4.39 Å². The number of carbonyl (C=O) groups is 1. The monoisotopic (exact) mass is 329 g/mol. The molecule has 2 rings (SSSR count). The van der Waals surface area contributed by atoms with E-state index in [1.807, 2.05) is 0 Å². The molecule has 104 valence electrons. The lowest BCUT2D eigenvalue weighted by Crippen LogP contribution is -2.34. The van der Waals surface area contributed by atoms with Gasteiger partial charge in [-0.25, -0.2) is 4.39 Å². The molecule has 1 aromatic carbocycles. The molecule has 2 unspecified atom stereocenters. The Kier molecular flexibility index (Phi) is 4.58. The van der Waals surface area contributed by atoms with Crippen LogP contribution in [-0.2, 0) is 0 Å². The minimum absolute atomic E-state index is 0.151. The normalized spacial score (nSPS) is 22.5. The Morgan fingerprint density at radius 2 is 2.26 bits per heavy atom. The lowest BCUT2D eigenvalue weighted by molar-refractivity contribution is 0.0693. The van der Waals surface area contributed by atoms with Crippen molar-refractivity contribution in [1.29, 1.82) is 0 Å². The van der Waals surface area contributed by atoms with Gasteiger partial charge in [0.25, 0.3) is 5.91 Å². The number of carbonyl (C=O) groups excluding carboxylic acids is 1. The van der Waals surface area contributed by atoms with E-state index in [0.29, 0.717) is 12.1 Å². The molecule has 0 bridgehead atoms. The summed E-state index contributed by atoms with van der Waals surface area (Å²) < 4.78 is 13.4. The molecule has 0 radical (unpaired) electrons. The van der Waals surface area contributed by atoms with Crippen LogP contribution in [0.15, 0.2) is 22.7 Å². The van der Waals surface area contributed by atoms with Crippen molar-refractivity contribution in [3.8, 4) is 0 Å². The van der Waals surface area contributed by atoms with Gasteiger partial charge in [0.15, 0.2) is 0 Å². The number of amides is 1. The molecule has 1 aromatic rings. The second-order valence-corrected chi connectivity index (χ2v) is 5.93. The standard InChI is InChI=1S/C14H17BrFNO2/c1-17(8-10-3-2-4-13(10)18)14(19)9-5-6-12(16)11(15)7-9/h5-7,10,13,18H,2-4,8H2,1H3. The topological polar surface area (TPSA) is 40.5 Å². The van der Waals surface area contributed by atoms with Gasteiger partial charge < -0.3 is 10.0 Å². The third-order valence-corrected chi connectivity index (χ3v) is 4.25. The molecule has 1 amide bonds. The highest BCUT2D eigenvalue weighted by Crippen LogP contribution is 2.26. The molecule has 0 aliphatic heterocycles. The maximum Gasteiger partial charge on any atom is 0.253 e. The Morgan fingerprint density at radius 3 is 2.84 bits per heavy atom. The zero-order valence-corrected chi connectivity index (χ0v) is 12.4. The summed E-state index contributed by atoms with van der Waals surface area (Å²) in [5, 5.41) is 9.78. The van der Waals surface area contributed by atoms with Gasteiger partial charge in [0, 0.05) is 25.1 Å². The van der Waals surface area contributed by atoms with Crippen LogP contribution in [0.2, 0.25) is 0 Å². The molecule has 0 spiro atoms. The number of hydrogen-bond acceptors (Lipinski definition) is 2. The molecular formula is C14H17BrFNO2. The molecular weight excluding hydrogens is 313 g/mol. The van der Waals surface area contributed by atoms with Gasteiger partial charge in [0.1, 0.15) is 5.82 Å². The summed E-state index contributed by atoms with van der Waals surface area (Å²) in [7, 11) is 1.71. The SMILES string of the molecule is CN(CC1CCCC1O)C(=O)c1ccc(F)c(Br)c1. The van der Waals surface area contributed by atoms with Gasteiger partial charge in [-0.05, 0) is 47.0 Å². The molecule has 2 atom stereocenters. The van der Waals surface area contributed by atoms with E-state index < -0.39 is 0 Å². The van der Waals surface area contributed by atoms with Crippen molar-refractivity contribution < 1.29 is 14.3 Å². The zero-order chi connectivity index (χ0) is 14.0. The summed E-state index contributed by atoms with van der Waals surface area (Å²) in [5.74, 6) is -0.386. The molecule has 5 heteroatoms. The third-order valence-electron chi connectivity index (χ3n) is 3.64. The molecule has 1 aliphatic carbocycles. The van der Waals surface area contributed by atoms with E-state index in [9.17, 15) is 14.3 Å². The van der Waals surface area contributed by atoms with E-state index in [1.165, 1.54) is 18.2 Å². The number of benzene rings is 1. The molecule has 0 aromatic heterocycles. The van der Waals surface area contributed by atoms with Crippen LogP contribution in [0.5, 0.6) is 0 Å². The largest absolute Gasteiger partial charge is 0.393 e. The minimum atomic E-state index is -0.384. The number of aliphatic hydroxyl groups excluding tert-OH is 1.